The van der Waals surface area contributed by atoms with Gasteiger partial charge in [-0.25, -0.2) is 0 Å². The predicted octanol–water partition coefficient (Wildman–Crippen LogP) is 4.02. The number of hydrogen-bond acceptors (Lipinski definition) is 5. The van der Waals surface area contributed by atoms with Crippen molar-refractivity contribution in [2.45, 2.75) is 13.8 Å². The van der Waals surface area contributed by atoms with E-state index in [1.165, 1.54) is 0 Å². The summed E-state index contributed by atoms with van der Waals surface area (Å²) in [5, 5.41) is 6.88. The zero-order chi connectivity index (χ0) is 17.8. The number of nitrogens with zero attached hydrogens (tertiary/aromatic N) is 2. The average molecular weight is 358 g/mol. The molecule has 0 aliphatic carbocycles. The van der Waals surface area contributed by atoms with E-state index in [0.29, 0.717) is 22.2 Å². The van der Waals surface area contributed by atoms with Crippen LogP contribution >= 0.6 is 11.6 Å². The molecule has 128 valence electrons. The minimum absolute atomic E-state index is 0.0824. The molecule has 0 aliphatic rings. The second-order valence-corrected chi connectivity index (χ2v) is 6.03. The maximum atomic E-state index is 12.0. The molecule has 3 aromatic rings. The van der Waals surface area contributed by atoms with Gasteiger partial charge in [0.05, 0.1) is 0 Å². The van der Waals surface area contributed by atoms with Crippen LogP contribution < -0.4 is 10.1 Å². The van der Waals surface area contributed by atoms with Crippen LogP contribution in [0.15, 0.2) is 47.0 Å². The van der Waals surface area contributed by atoms with Gasteiger partial charge in [0.15, 0.2) is 6.61 Å². The van der Waals surface area contributed by atoms with Crippen LogP contribution in [0.2, 0.25) is 5.02 Å². The van der Waals surface area contributed by atoms with Crippen molar-refractivity contribution in [2.24, 2.45) is 0 Å². The summed E-state index contributed by atoms with van der Waals surface area (Å²) in [5.41, 5.74) is 2.85. The molecule has 0 aliphatic heterocycles. The summed E-state index contributed by atoms with van der Waals surface area (Å²) in [5.74, 6) is 0.645. The van der Waals surface area contributed by atoms with Crippen molar-refractivity contribution in [2.75, 3.05) is 11.9 Å². The van der Waals surface area contributed by atoms with E-state index < -0.39 is 0 Å². The third-order valence-electron chi connectivity index (χ3n) is 3.33. The molecule has 0 saturated carbocycles. The van der Waals surface area contributed by atoms with E-state index in [2.05, 4.69) is 15.5 Å². The molecule has 0 bridgehead atoms. The minimum atomic E-state index is -0.373. The van der Waals surface area contributed by atoms with Crippen LogP contribution in [0.5, 0.6) is 5.75 Å². The zero-order valence-corrected chi connectivity index (χ0v) is 14.5. The minimum Gasteiger partial charge on any atom is -0.484 e. The Morgan fingerprint density at radius 1 is 1.16 bits per heavy atom. The van der Waals surface area contributed by atoms with Gasteiger partial charge in [-0.3, -0.25) is 10.1 Å². The average Bonchev–Trinajstić information content (AvgIpc) is 3.01. The normalized spacial score (nSPS) is 10.5. The van der Waals surface area contributed by atoms with Crippen LogP contribution in [-0.2, 0) is 4.79 Å². The standard InChI is InChI=1S/C18H16ClN3O3/c1-11-7-12(2)9-15(8-11)24-10-16(23)20-18-21-17(25-22-18)13-3-5-14(19)6-4-13/h3-9H,10H2,1-2H3,(H,20,22,23). The van der Waals surface area contributed by atoms with Gasteiger partial charge in [0.2, 0.25) is 0 Å². The Hall–Kier alpha value is -2.86. The summed E-state index contributed by atoms with van der Waals surface area (Å²) in [7, 11) is 0. The maximum absolute atomic E-state index is 12.0. The lowest BCUT2D eigenvalue weighted by molar-refractivity contribution is -0.118. The second-order valence-electron chi connectivity index (χ2n) is 5.59. The number of hydrogen-bond donors (Lipinski definition) is 1. The van der Waals surface area contributed by atoms with Gasteiger partial charge >= 0.3 is 0 Å². The molecular weight excluding hydrogens is 342 g/mol. The molecule has 7 heteroatoms. The largest absolute Gasteiger partial charge is 0.484 e. The third-order valence-corrected chi connectivity index (χ3v) is 3.59. The number of nitrogens with one attached hydrogen (secondary N) is 1. The number of rotatable bonds is 5. The first kappa shape index (κ1) is 17.0. The molecule has 0 radical (unpaired) electrons. The van der Waals surface area contributed by atoms with Crippen molar-refractivity contribution in [1.82, 2.24) is 10.1 Å². The van der Waals surface area contributed by atoms with E-state index in [4.69, 9.17) is 20.9 Å². The first-order chi connectivity index (χ1) is 12.0. The highest BCUT2D eigenvalue weighted by molar-refractivity contribution is 6.30. The molecule has 1 heterocycles. The Morgan fingerprint density at radius 3 is 2.52 bits per heavy atom. The van der Waals surface area contributed by atoms with E-state index in [1.54, 1.807) is 24.3 Å². The lowest BCUT2D eigenvalue weighted by Crippen LogP contribution is -2.20. The number of halogens is 1. The fourth-order valence-electron chi connectivity index (χ4n) is 2.31. The fraction of sp³-hybridized carbons (Fsp3) is 0.167. The number of benzene rings is 2. The van der Waals surface area contributed by atoms with Gasteiger partial charge in [-0.15, -0.1) is 0 Å². The van der Waals surface area contributed by atoms with Gasteiger partial charge in [-0.05, 0) is 66.5 Å². The second kappa shape index (κ2) is 7.36. The maximum Gasteiger partial charge on any atom is 0.270 e. The van der Waals surface area contributed by atoms with Gasteiger partial charge in [0, 0.05) is 10.6 Å². The van der Waals surface area contributed by atoms with E-state index in [1.807, 2.05) is 32.0 Å². The highest BCUT2D eigenvalue weighted by atomic mass is 35.5. The monoisotopic (exact) mass is 357 g/mol. The van der Waals surface area contributed by atoms with Crippen LogP contribution in [-0.4, -0.2) is 22.7 Å². The van der Waals surface area contributed by atoms with Crippen molar-refractivity contribution >= 4 is 23.5 Å². The van der Waals surface area contributed by atoms with Crippen LogP contribution in [0.1, 0.15) is 11.1 Å². The number of carbonyl (C=O) groups is 1. The third kappa shape index (κ3) is 4.58. The Labute approximate surface area is 149 Å². The van der Waals surface area contributed by atoms with Crippen LogP contribution in [0, 0.1) is 13.8 Å². The topological polar surface area (TPSA) is 77.2 Å². The summed E-state index contributed by atoms with van der Waals surface area (Å²) < 4.78 is 10.6. The number of amides is 1. The first-order valence-corrected chi connectivity index (χ1v) is 7.98. The SMILES string of the molecule is Cc1cc(C)cc(OCC(=O)Nc2noc(-c3ccc(Cl)cc3)n2)c1. The molecule has 25 heavy (non-hydrogen) atoms. The van der Waals surface area contributed by atoms with Gasteiger partial charge in [-0.1, -0.05) is 17.7 Å². The summed E-state index contributed by atoms with van der Waals surface area (Å²) in [6, 6.07) is 12.7. The molecule has 0 unspecified atom stereocenters. The Balaban J connectivity index is 1.59. The highest BCUT2D eigenvalue weighted by Gasteiger charge is 2.12. The first-order valence-electron chi connectivity index (χ1n) is 7.60. The van der Waals surface area contributed by atoms with Gasteiger partial charge < -0.3 is 9.26 Å². The van der Waals surface area contributed by atoms with Crippen molar-refractivity contribution in [3.8, 4) is 17.2 Å². The zero-order valence-electron chi connectivity index (χ0n) is 13.7. The van der Waals surface area contributed by atoms with Gasteiger partial charge in [-0.2, -0.15) is 4.98 Å². The highest BCUT2D eigenvalue weighted by Crippen LogP contribution is 2.21. The molecule has 1 amide bonds. The molecule has 3 rings (SSSR count). The van der Waals surface area contributed by atoms with Crippen LogP contribution in [0.3, 0.4) is 0 Å². The van der Waals surface area contributed by atoms with E-state index >= 15 is 0 Å². The summed E-state index contributed by atoms with van der Waals surface area (Å²) in [4.78, 5) is 16.1. The summed E-state index contributed by atoms with van der Waals surface area (Å²) in [6.45, 7) is 3.79. The van der Waals surface area contributed by atoms with E-state index in [9.17, 15) is 4.79 Å². The molecule has 2 aromatic carbocycles. The summed E-state index contributed by atoms with van der Waals surface area (Å²) >= 11 is 5.84. The summed E-state index contributed by atoms with van der Waals surface area (Å²) in [6.07, 6.45) is 0. The quantitative estimate of drug-likeness (QED) is 0.746. The number of ether oxygens (including phenoxy) is 1. The molecule has 0 spiro atoms. The van der Waals surface area contributed by atoms with Crippen molar-refractivity contribution in [1.29, 1.82) is 0 Å². The number of carbonyl (C=O) groups excluding carboxylic acids is 1. The Kier molecular flexibility index (Phi) is 5.00. The Bertz CT molecular complexity index is 871. The van der Waals surface area contributed by atoms with E-state index in [0.717, 1.165) is 11.1 Å². The predicted molar refractivity (Wildman–Crippen MR) is 94.8 cm³/mol. The molecular formula is C18H16ClN3O3. The Morgan fingerprint density at radius 2 is 1.84 bits per heavy atom. The smallest absolute Gasteiger partial charge is 0.270 e. The molecule has 1 aromatic heterocycles. The van der Waals surface area contributed by atoms with Gasteiger partial charge in [0.1, 0.15) is 5.75 Å². The van der Waals surface area contributed by atoms with Crippen molar-refractivity contribution in [3.63, 3.8) is 0 Å². The number of anilines is 1. The lowest BCUT2D eigenvalue weighted by Gasteiger charge is -2.07. The lowest BCUT2D eigenvalue weighted by atomic mass is 10.1. The molecule has 0 fully saturated rings. The fourth-order valence-corrected chi connectivity index (χ4v) is 2.44. The number of aromatic nitrogens is 2. The molecule has 0 saturated heterocycles. The molecule has 6 nitrogen and oxygen atoms in total. The van der Waals surface area contributed by atoms with Crippen molar-refractivity contribution in [3.05, 3.63) is 58.6 Å². The van der Waals surface area contributed by atoms with Gasteiger partial charge in [0.25, 0.3) is 17.7 Å². The van der Waals surface area contributed by atoms with E-state index in [-0.39, 0.29) is 18.5 Å². The van der Waals surface area contributed by atoms with Crippen LogP contribution in [0.4, 0.5) is 5.95 Å². The molecule has 0 atom stereocenters. The number of aryl methyl sites for hydroxylation is 2. The van der Waals surface area contributed by atoms with Crippen molar-refractivity contribution < 1.29 is 14.1 Å². The molecule has 1 N–H and O–H groups in total. The van der Waals surface area contributed by atoms with Crippen LogP contribution in [0.25, 0.3) is 11.5 Å².